The Labute approximate surface area is 361 Å². The molecule has 59 heavy (non-hydrogen) atoms. The van der Waals surface area contributed by atoms with Crippen molar-refractivity contribution in [2.24, 2.45) is 0 Å². The average Bonchev–Trinajstić information content (AvgIpc) is 3.24. The van der Waals surface area contributed by atoms with Crippen molar-refractivity contribution in [1.82, 2.24) is 0 Å². The number of rotatable bonds is 45. The molecule has 0 spiro atoms. The maximum atomic E-state index is 12.5. The zero-order chi connectivity index (χ0) is 42.7. The van der Waals surface area contributed by atoms with E-state index in [-0.39, 0.29) is 24.6 Å². The van der Waals surface area contributed by atoms with Gasteiger partial charge in [0, 0.05) is 26.1 Å². The molecule has 0 aliphatic carbocycles. The minimum atomic E-state index is -0.357. The molecule has 1 aromatic carbocycles. The smallest absolute Gasteiger partial charge is 0.305 e. The van der Waals surface area contributed by atoms with Gasteiger partial charge < -0.3 is 28.4 Å². The summed E-state index contributed by atoms with van der Waals surface area (Å²) in [7, 11) is 0. The van der Waals surface area contributed by atoms with Crippen molar-refractivity contribution in [3.63, 3.8) is 0 Å². The number of ether oxygens (including phenoxy) is 6. The molecule has 0 saturated heterocycles. The van der Waals surface area contributed by atoms with Gasteiger partial charge in [-0.2, -0.15) is 0 Å². The van der Waals surface area contributed by atoms with Gasteiger partial charge in [0.15, 0.2) is 12.6 Å². The van der Waals surface area contributed by atoms with Gasteiger partial charge in [0.05, 0.1) is 38.4 Å². The van der Waals surface area contributed by atoms with E-state index in [1.54, 1.807) is 12.1 Å². The number of benzene rings is 1. The maximum Gasteiger partial charge on any atom is 0.305 e. The van der Waals surface area contributed by atoms with Crippen LogP contribution in [0.25, 0.3) is 0 Å². The second-order valence-corrected chi connectivity index (χ2v) is 16.3. The number of hydrogen-bond acceptors (Lipinski definition) is 9. The summed E-state index contributed by atoms with van der Waals surface area (Å²) < 4.78 is 34.8. The third-order valence-corrected chi connectivity index (χ3v) is 10.7. The molecule has 9 nitrogen and oxygen atoms in total. The molecule has 0 saturated carbocycles. The fourth-order valence-electron chi connectivity index (χ4n) is 6.89. The lowest BCUT2D eigenvalue weighted by Crippen LogP contribution is -2.21. The van der Waals surface area contributed by atoms with E-state index < -0.39 is 0 Å². The monoisotopic (exact) mass is 833 g/mol. The summed E-state index contributed by atoms with van der Waals surface area (Å²) in [5, 5.41) is 0. The molecule has 9 heteroatoms. The molecular formula is C50H88O9. The van der Waals surface area contributed by atoms with Crippen LogP contribution in [0.1, 0.15) is 230 Å². The Morgan fingerprint density at radius 3 is 1.39 bits per heavy atom. The van der Waals surface area contributed by atoms with Crippen molar-refractivity contribution in [3.8, 4) is 11.5 Å². The van der Waals surface area contributed by atoms with Crippen LogP contribution in [-0.2, 0) is 28.5 Å². The van der Waals surface area contributed by atoms with Gasteiger partial charge in [-0.25, -0.2) is 0 Å². The lowest BCUT2D eigenvalue weighted by Gasteiger charge is -2.18. The highest BCUT2D eigenvalue weighted by atomic mass is 16.7. The topological polar surface area (TPSA) is 107 Å². The zero-order valence-corrected chi connectivity index (χ0v) is 38.2. The molecule has 1 rings (SSSR count). The highest BCUT2D eigenvalue weighted by Crippen LogP contribution is 2.24. The van der Waals surface area contributed by atoms with Crippen molar-refractivity contribution >= 4 is 18.2 Å². The third kappa shape index (κ3) is 34.7. The number of esters is 2. The number of aldehydes is 1. The van der Waals surface area contributed by atoms with Gasteiger partial charge in [0.2, 0.25) is 0 Å². The molecule has 0 aliphatic rings. The number of carbonyl (C=O) groups is 3. The summed E-state index contributed by atoms with van der Waals surface area (Å²) >= 11 is 0. The first-order valence-electron chi connectivity index (χ1n) is 24.4. The second-order valence-electron chi connectivity index (χ2n) is 16.3. The Hall–Kier alpha value is -2.65. The van der Waals surface area contributed by atoms with Gasteiger partial charge in [0.1, 0.15) is 11.5 Å². The van der Waals surface area contributed by atoms with Crippen LogP contribution in [0.15, 0.2) is 18.2 Å². The summed E-state index contributed by atoms with van der Waals surface area (Å²) in [4.78, 5) is 36.2. The Bertz CT molecular complexity index is 1090. The normalized spacial score (nSPS) is 11.3. The van der Waals surface area contributed by atoms with Crippen LogP contribution in [0.4, 0.5) is 0 Å². The molecule has 1 aromatic rings. The average molecular weight is 833 g/mol. The fourth-order valence-corrected chi connectivity index (χ4v) is 6.89. The molecule has 0 N–H and O–H groups in total. The summed E-state index contributed by atoms with van der Waals surface area (Å²) in [5.41, 5.74) is 0.477. The predicted octanol–water partition coefficient (Wildman–Crippen LogP) is 13.9. The van der Waals surface area contributed by atoms with E-state index in [4.69, 9.17) is 28.4 Å². The quantitative estimate of drug-likeness (QED) is 0.0275. The predicted molar refractivity (Wildman–Crippen MR) is 241 cm³/mol. The molecule has 0 aliphatic heterocycles. The van der Waals surface area contributed by atoms with Gasteiger partial charge in [-0.05, 0) is 69.6 Å². The SMILES string of the molecule is CCCCCCCCCC(=O)OCCCCCCCCOc1ccc(OCCCCCOC(=O)CCC(OCCCCCCCC)OCCCCCCCC)c(C=O)c1. The van der Waals surface area contributed by atoms with Crippen LogP contribution in [0.5, 0.6) is 11.5 Å². The molecule has 0 unspecified atom stereocenters. The van der Waals surface area contributed by atoms with Crippen LogP contribution < -0.4 is 9.47 Å². The van der Waals surface area contributed by atoms with Crippen LogP contribution in [0, 0.1) is 0 Å². The lowest BCUT2D eigenvalue weighted by atomic mass is 10.1. The van der Waals surface area contributed by atoms with E-state index in [2.05, 4.69) is 20.8 Å². The molecule has 0 fully saturated rings. The molecule has 0 radical (unpaired) electrons. The lowest BCUT2D eigenvalue weighted by molar-refractivity contribution is -0.159. The minimum Gasteiger partial charge on any atom is -0.494 e. The van der Waals surface area contributed by atoms with Crippen LogP contribution in [0.2, 0.25) is 0 Å². The first-order valence-corrected chi connectivity index (χ1v) is 24.4. The highest BCUT2D eigenvalue weighted by Gasteiger charge is 2.14. The Kier molecular flexibility index (Phi) is 38.8. The molecule has 0 amide bonds. The Morgan fingerprint density at radius 1 is 0.475 bits per heavy atom. The van der Waals surface area contributed by atoms with Crippen LogP contribution in [0.3, 0.4) is 0 Å². The van der Waals surface area contributed by atoms with Gasteiger partial charge >= 0.3 is 11.9 Å². The molecule has 0 atom stereocenters. The first kappa shape index (κ1) is 54.4. The van der Waals surface area contributed by atoms with E-state index in [0.717, 1.165) is 89.8 Å². The van der Waals surface area contributed by atoms with Crippen LogP contribution in [-0.4, -0.2) is 64.2 Å². The second kappa shape index (κ2) is 42.1. The van der Waals surface area contributed by atoms with Crippen molar-refractivity contribution < 1.29 is 42.8 Å². The van der Waals surface area contributed by atoms with Gasteiger partial charge in [-0.15, -0.1) is 0 Å². The molecule has 0 heterocycles. The molecule has 342 valence electrons. The highest BCUT2D eigenvalue weighted by molar-refractivity contribution is 5.80. The molecule has 0 bridgehead atoms. The van der Waals surface area contributed by atoms with E-state index in [9.17, 15) is 14.4 Å². The van der Waals surface area contributed by atoms with Crippen molar-refractivity contribution in [2.75, 3.05) is 39.6 Å². The van der Waals surface area contributed by atoms with Gasteiger partial charge in [-0.3, -0.25) is 14.4 Å². The third-order valence-electron chi connectivity index (χ3n) is 10.7. The van der Waals surface area contributed by atoms with Crippen LogP contribution >= 0.6 is 0 Å². The molecular weight excluding hydrogens is 745 g/mol. The van der Waals surface area contributed by atoms with E-state index >= 15 is 0 Å². The van der Waals surface area contributed by atoms with E-state index in [1.807, 2.05) is 6.07 Å². The van der Waals surface area contributed by atoms with Gasteiger partial charge in [-0.1, -0.05) is 149 Å². The summed E-state index contributed by atoms with van der Waals surface area (Å²) in [6.45, 7) is 10.0. The first-order chi connectivity index (χ1) is 29.0. The van der Waals surface area contributed by atoms with Crippen molar-refractivity contribution in [1.29, 1.82) is 0 Å². The van der Waals surface area contributed by atoms with Crippen molar-refractivity contribution in [2.45, 2.75) is 226 Å². The largest absolute Gasteiger partial charge is 0.494 e. The number of unbranched alkanes of at least 4 members (excludes halogenated alkanes) is 23. The summed E-state index contributed by atoms with van der Waals surface area (Å²) in [6.07, 6.45) is 33.4. The fraction of sp³-hybridized carbons (Fsp3) is 0.820. The number of hydrogen-bond donors (Lipinski definition) is 0. The zero-order valence-electron chi connectivity index (χ0n) is 38.2. The van der Waals surface area contributed by atoms with E-state index in [0.29, 0.717) is 69.5 Å². The van der Waals surface area contributed by atoms with E-state index in [1.165, 1.54) is 96.3 Å². The Morgan fingerprint density at radius 2 is 0.881 bits per heavy atom. The Balaban J connectivity index is 2.14. The number of carbonyl (C=O) groups excluding carboxylic acids is 3. The molecule has 0 aromatic heterocycles. The van der Waals surface area contributed by atoms with Gasteiger partial charge in [0.25, 0.3) is 0 Å². The minimum absolute atomic E-state index is 0.0514. The summed E-state index contributed by atoms with van der Waals surface area (Å²) in [5.74, 6) is 0.953. The summed E-state index contributed by atoms with van der Waals surface area (Å²) in [6, 6.07) is 5.38. The standard InChI is InChI=1S/C50H88O9/c1-4-7-10-13-16-19-25-32-48(52)56-39-27-23-18-17-22-26-37-54-46-33-34-47(45(43-46)44-51)55-38-30-24-31-40-57-49(53)35-36-50(58-41-28-20-14-11-8-5-2)59-42-29-21-15-12-9-6-3/h33-34,43-44,50H,4-32,35-42H2,1-3H3. The van der Waals surface area contributed by atoms with Crippen molar-refractivity contribution in [3.05, 3.63) is 23.8 Å². The maximum absolute atomic E-state index is 12.5.